The maximum atomic E-state index is 13.4. The molecule has 1 aliphatic carbocycles. The number of nitrogens with one attached hydrogen (secondary N) is 2. The molecule has 1 fully saturated rings. The molecule has 0 radical (unpaired) electrons. The fraction of sp³-hybridized carbons (Fsp3) is 0.250. The van der Waals surface area contributed by atoms with E-state index in [0.717, 1.165) is 36.1 Å². The summed E-state index contributed by atoms with van der Waals surface area (Å²) in [6.45, 7) is 0.815. The summed E-state index contributed by atoms with van der Waals surface area (Å²) in [5.74, 6) is -0.581. The van der Waals surface area contributed by atoms with Crippen molar-refractivity contribution >= 4 is 45.6 Å². The fourth-order valence-electron chi connectivity index (χ4n) is 4.14. The summed E-state index contributed by atoms with van der Waals surface area (Å²) in [6, 6.07) is 10.5. The number of cyclic esters (lactones) is 1. The first-order valence-corrected chi connectivity index (χ1v) is 11.6. The molecular weight excluding hydrogens is 440 g/mol. The third kappa shape index (κ3) is 4.31. The van der Waals surface area contributed by atoms with Crippen molar-refractivity contribution in [2.75, 3.05) is 28.7 Å². The molecule has 1 saturated heterocycles. The first-order chi connectivity index (χ1) is 16.1. The van der Waals surface area contributed by atoms with Gasteiger partial charge in [-0.1, -0.05) is 6.07 Å². The predicted molar refractivity (Wildman–Crippen MR) is 126 cm³/mol. The van der Waals surface area contributed by atoms with Crippen LogP contribution in [0.5, 0.6) is 0 Å². The van der Waals surface area contributed by atoms with E-state index in [1.54, 1.807) is 42.6 Å². The Hall–Kier alpha value is -3.72. The van der Waals surface area contributed by atoms with Gasteiger partial charge in [0, 0.05) is 28.6 Å². The van der Waals surface area contributed by atoms with E-state index >= 15 is 0 Å². The highest BCUT2D eigenvalue weighted by atomic mass is 32.1. The molecule has 2 aliphatic rings. The van der Waals surface area contributed by atoms with E-state index in [9.17, 15) is 14.4 Å². The van der Waals surface area contributed by atoms with Crippen molar-refractivity contribution in [1.82, 2.24) is 4.98 Å². The average molecular weight is 463 g/mol. The SMILES string of the molecule is O=C(Nc1sc2c(c1C(=O)Nc1cccc(N3CCOC3=O)c1)CCCC2)c1cccnc1. The second-order valence-corrected chi connectivity index (χ2v) is 8.99. The lowest BCUT2D eigenvalue weighted by Gasteiger charge is -2.15. The summed E-state index contributed by atoms with van der Waals surface area (Å²) in [7, 11) is 0. The summed E-state index contributed by atoms with van der Waals surface area (Å²) in [4.78, 5) is 44.7. The van der Waals surface area contributed by atoms with Crippen LogP contribution in [0.15, 0.2) is 48.8 Å². The number of hydrogen-bond acceptors (Lipinski definition) is 6. The first kappa shape index (κ1) is 21.1. The third-order valence-corrected chi connectivity index (χ3v) is 6.93. The highest BCUT2D eigenvalue weighted by Crippen LogP contribution is 2.39. The van der Waals surface area contributed by atoms with E-state index in [1.165, 1.54) is 22.4 Å². The lowest BCUT2D eigenvalue weighted by Crippen LogP contribution is -2.23. The number of benzene rings is 1. The van der Waals surface area contributed by atoms with Gasteiger partial charge in [-0.15, -0.1) is 11.3 Å². The Balaban J connectivity index is 1.42. The number of rotatable bonds is 5. The minimum Gasteiger partial charge on any atom is -0.447 e. The summed E-state index contributed by atoms with van der Waals surface area (Å²) >= 11 is 1.47. The van der Waals surface area contributed by atoms with E-state index in [-0.39, 0.29) is 11.8 Å². The molecule has 2 N–H and O–H groups in total. The average Bonchev–Trinajstić information content (AvgIpc) is 3.42. The van der Waals surface area contributed by atoms with Crippen molar-refractivity contribution in [1.29, 1.82) is 0 Å². The van der Waals surface area contributed by atoms with Crippen LogP contribution in [0.4, 0.5) is 21.2 Å². The maximum absolute atomic E-state index is 13.4. The zero-order valence-corrected chi connectivity index (χ0v) is 18.6. The summed E-state index contributed by atoms with van der Waals surface area (Å²) in [5, 5.41) is 6.42. The van der Waals surface area contributed by atoms with Crippen LogP contribution < -0.4 is 15.5 Å². The Morgan fingerprint density at radius 2 is 1.94 bits per heavy atom. The lowest BCUT2D eigenvalue weighted by atomic mass is 9.95. The zero-order valence-electron chi connectivity index (χ0n) is 17.8. The smallest absolute Gasteiger partial charge is 0.414 e. The molecule has 3 aromatic rings. The molecule has 5 rings (SSSR count). The summed E-state index contributed by atoms with van der Waals surface area (Å²) < 4.78 is 5.01. The molecule has 3 amide bonds. The van der Waals surface area contributed by atoms with Gasteiger partial charge in [0.15, 0.2) is 0 Å². The number of nitrogens with zero attached hydrogens (tertiary/aromatic N) is 2. The predicted octanol–water partition coefficient (Wildman–Crippen LogP) is 4.48. The molecule has 0 atom stereocenters. The number of aromatic nitrogens is 1. The second kappa shape index (κ2) is 9.03. The van der Waals surface area contributed by atoms with Gasteiger partial charge in [0.1, 0.15) is 11.6 Å². The van der Waals surface area contributed by atoms with Crippen molar-refractivity contribution in [3.63, 3.8) is 0 Å². The van der Waals surface area contributed by atoms with Gasteiger partial charge < -0.3 is 15.4 Å². The monoisotopic (exact) mass is 462 g/mol. The van der Waals surface area contributed by atoms with Gasteiger partial charge in [0.2, 0.25) is 0 Å². The van der Waals surface area contributed by atoms with E-state index in [1.807, 2.05) is 0 Å². The Morgan fingerprint density at radius 3 is 2.73 bits per heavy atom. The number of hydrogen-bond donors (Lipinski definition) is 2. The Labute approximate surface area is 194 Å². The van der Waals surface area contributed by atoms with Crippen LogP contribution in [-0.2, 0) is 17.6 Å². The third-order valence-electron chi connectivity index (χ3n) is 5.73. The van der Waals surface area contributed by atoms with Gasteiger partial charge in [-0.05, 0) is 61.6 Å². The van der Waals surface area contributed by atoms with E-state index in [4.69, 9.17) is 4.74 Å². The molecule has 0 unspecified atom stereocenters. The van der Waals surface area contributed by atoms with Gasteiger partial charge in [-0.3, -0.25) is 19.5 Å². The Morgan fingerprint density at radius 1 is 1.06 bits per heavy atom. The lowest BCUT2D eigenvalue weighted by molar-refractivity contribution is 0.102. The highest BCUT2D eigenvalue weighted by molar-refractivity contribution is 7.17. The molecule has 0 saturated carbocycles. The number of anilines is 3. The molecule has 1 aromatic carbocycles. The molecule has 0 bridgehead atoms. The van der Waals surface area contributed by atoms with Crippen LogP contribution in [0.1, 0.15) is 44.0 Å². The molecule has 8 nitrogen and oxygen atoms in total. The second-order valence-electron chi connectivity index (χ2n) is 7.88. The topological polar surface area (TPSA) is 101 Å². The molecule has 168 valence electrons. The summed E-state index contributed by atoms with van der Waals surface area (Å²) in [6.07, 6.45) is 6.48. The Kier molecular flexibility index (Phi) is 5.78. The van der Waals surface area contributed by atoms with E-state index in [0.29, 0.717) is 40.7 Å². The zero-order chi connectivity index (χ0) is 22.8. The van der Waals surface area contributed by atoms with Crippen molar-refractivity contribution in [2.24, 2.45) is 0 Å². The van der Waals surface area contributed by atoms with E-state index < -0.39 is 6.09 Å². The van der Waals surface area contributed by atoms with Crippen LogP contribution in [0.25, 0.3) is 0 Å². The molecule has 0 spiro atoms. The molecule has 3 heterocycles. The van der Waals surface area contributed by atoms with Crippen LogP contribution in [-0.4, -0.2) is 36.0 Å². The quantitative estimate of drug-likeness (QED) is 0.582. The number of ether oxygens (including phenoxy) is 1. The molecule has 2 aromatic heterocycles. The molecular formula is C24H22N4O4S. The number of aryl methyl sites for hydroxylation is 1. The number of amides is 3. The largest absolute Gasteiger partial charge is 0.447 e. The van der Waals surface area contributed by atoms with Crippen molar-refractivity contribution in [3.8, 4) is 0 Å². The van der Waals surface area contributed by atoms with Gasteiger partial charge >= 0.3 is 6.09 Å². The standard InChI is InChI=1S/C24H22N4O4S/c29-21(15-5-4-10-25-14-15)27-23-20(18-8-1-2-9-19(18)33-23)22(30)26-16-6-3-7-17(13-16)28-11-12-32-24(28)31/h3-7,10,13-14H,1-2,8-9,11-12H2,(H,26,30)(H,27,29). The highest BCUT2D eigenvalue weighted by Gasteiger charge is 2.27. The van der Waals surface area contributed by atoms with Crippen molar-refractivity contribution < 1.29 is 19.1 Å². The first-order valence-electron chi connectivity index (χ1n) is 10.8. The number of pyridine rings is 1. The maximum Gasteiger partial charge on any atom is 0.414 e. The van der Waals surface area contributed by atoms with Crippen LogP contribution in [0, 0.1) is 0 Å². The molecule has 9 heteroatoms. The van der Waals surface area contributed by atoms with Crippen LogP contribution in [0.3, 0.4) is 0 Å². The summed E-state index contributed by atoms with van der Waals surface area (Å²) in [5.41, 5.74) is 3.17. The molecule has 33 heavy (non-hydrogen) atoms. The van der Waals surface area contributed by atoms with Crippen LogP contribution >= 0.6 is 11.3 Å². The van der Waals surface area contributed by atoms with Gasteiger partial charge in [0.05, 0.1) is 17.7 Å². The minimum absolute atomic E-state index is 0.281. The van der Waals surface area contributed by atoms with Crippen LogP contribution in [0.2, 0.25) is 0 Å². The van der Waals surface area contributed by atoms with Gasteiger partial charge in [-0.2, -0.15) is 0 Å². The van der Waals surface area contributed by atoms with E-state index in [2.05, 4.69) is 15.6 Å². The number of carbonyl (C=O) groups excluding carboxylic acids is 3. The number of fused-ring (bicyclic) bond motifs is 1. The van der Waals surface area contributed by atoms with Crippen molar-refractivity contribution in [2.45, 2.75) is 25.7 Å². The van der Waals surface area contributed by atoms with Gasteiger partial charge in [0.25, 0.3) is 11.8 Å². The van der Waals surface area contributed by atoms with Gasteiger partial charge in [-0.25, -0.2) is 4.79 Å². The minimum atomic E-state index is -0.397. The normalized spacial score (nSPS) is 15.0. The Bertz CT molecular complexity index is 1220. The fourth-order valence-corrected chi connectivity index (χ4v) is 5.42. The van der Waals surface area contributed by atoms with Crippen molar-refractivity contribution in [3.05, 3.63) is 70.4 Å². The number of thiophene rings is 1. The molecule has 1 aliphatic heterocycles. The number of carbonyl (C=O) groups is 3.